The third-order valence-corrected chi connectivity index (χ3v) is 4.79. The maximum atomic E-state index is 12.0. The van der Waals surface area contributed by atoms with Crippen molar-refractivity contribution in [3.05, 3.63) is 21.9 Å². The molecule has 2 unspecified atom stereocenters. The average molecular weight is 267 g/mol. The van der Waals surface area contributed by atoms with Crippen molar-refractivity contribution < 1.29 is 9.90 Å². The van der Waals surface area contributed by atoms with E-state index < -0.39 is 0 Å². The molecule has 100 valence electrons. The number of carbonyl (C=O) groups excluding carboxylic acids is 1. The first-order valence-corrected chi connectivity index (χ1v) is 7.58. The van der Waals surface area contributed by atoms with Gasteiger partial charge in [-0.3, -0.25) is 4.79 Å². The van der Waals surface area contributed by atoms with Gasteiger partial charge in [0.25, 0.3) is 5.91 Å². The van der Waals surface area contributed by atoms with Gasteiger partial charge < -0.3 is 10.4 Å². The molecule has 1 aliphatic carbocycles. The topological polar surface area (TPSA) is 49.3 Å². The lowest BCUT2D eigenvalue weighted by Gasteiger charge is -2.30. The average Bonchev–Trinajstić information content (AvgIpc) is 2.82. The molecule has 2 atom stereocenters. The molecule has 4 heteroatoms. The Morgan fingerprint density at radius 1 is 1.39 bits per heavy atom. The highest BCUT2D eigenvalue weighted by molar-refractivity contribution is 7.08. The molecule has 1 aromatic rings. The van der Waals surface area contributed by atoms with Crippen LogP contribution in [0.4, 0.5) is 0 Å². The molecular weight excluding hydrogens is 246 g/mol. The van der Waals surface area contributed by atoms with E-state index >= 15 is 0 Å². The summed E-state index contributed by atoms with van der Waals surface area (Å²) in [6.45, 7) is 2.90. The first-order chi connectivity index (χ1) is 8.72. The zero-order valence-corrected chi connectivity index (χ0v) is 11.6. The molecule has 1 aliphatic rings. The number of thiophene rings is 1. The highest BCUT2D eigenvalue weighted by Gasteiger charge is 2.25. The molecule has 0 bridgehead atoms. The number of nitrogens with one attached hydrogen (secondary N) is 1. The van der Waals surface area contributed by atoms with Gasteiger partial charge in [-0.1, -0.05) is 12.8 Å². The lowest BCUT2D eigenvalue weighted by Crippen LogP contribution is -2.35. The molecule has 3 nitrogen and oxygen atoms in total. The largest absolute Gasteiger partial charge is 0.396 e. The van der Waals surface area contributed by atoms with Crippen LogP contribution in [0.5, 0.6) is 0 Å². The Kier molecular flexibility index (Phi) is 4.78. The monoisotopic (exact) mass is 267 g/mol. The minimum absolute atomic E-state index is 0.0241. The fourth-order valence-electron chi connectivity index (χ4n) is 2.71. The van der Waals surface area contributed by atoms with Gasteiger partial charge in [-0.25, -0.2) is 0 Å². The van der Waals surface area contributed by atoms with Crippen LogP contribution in [0, 0.1) is 18.8 Å². The van der Waals surface area contributed by atoms with Crippen molar-refractivity contribution in [2.24, 2.45) is 11.8 Å². The Balaban J connectivity index is 1.87. The van der Waals surface area contributed by atoms with Crippen LogP contribution in [0.1, 0.15) is 41.6 Å². The highest BCUT2D eigenvalue weighted by Crippen LogP contribution is 2.29. The van der Waals surface area contributed by atoms with Gasteiger partial charge >= 0.3 is 0 Å². The number of amides is 1. The van der Waals surface area contributed by atoms with Crippen molar-refractivity contribution in [1.82, 2.24) is 5.32 Å². The molecule has 0 aromatic carbocycles. The third kappa shape index (κ3) is 3.12. The minimum Gasteiger partial charge on any atom is -0.396 e. The van der Waals surface area contributed by atoms with Crippen molar-refractivity contribution in [2.45, 2.75) is 32.6 Å². The standard InChI is InChI=1S/C14H21NO2S/c1-10-8-18-9-13(10)14(17)15-6-11-4-2-3-5-12(11)7-16/h8-9,11-12,16H,2-7H2,1H3,(H,15,17). The summed E-state index contributed by atoms with van der Waals surface area (Å²) in [5.41, 5.74) is 1.83. The van der Waals surface area contributed by atoms with Crippen LogP contribution in [0.3, 0.4) is 0 Å². The van der Waals surface area contributed by atoms with Crippen LogP contribution >= 0.6 is 11.3 Å². The molecular formula is C14H21NO2S. The molecule has 18 heavy (non-hydrogen) atoms. The van der Waals surface area contributed by atoms with Crippen LogP contribution in [0.2, 0.25) is 0 Å². The summed E-state index contributed by atoms with van der Waals surface area (Å²) >= 11 is 1.56. The van der Waals surface area contributed by atoms with Gasteiger partial charge in [-0.2, -0.15) is 11.3 Å². The maximum Gasteiger partial charge on any atom is 0.252 e. The Bertz CT molecular complexity index is 402. The summed E-state index contributed by atoms with van der Waals surface area (Å²) in [7, 11) is 0. The number of carbonyl (C=O) groups is 1. The second kappa shape index (κ2) is 6.34. The molecule has 1 heterocycles. The van der Waals surface area contributed by atoms with E-state index in [0.717, 1.165) is 24.0 Å². The number of hydrogen-bond acceptors (Lipinski definition) is 3. The van der Waals surface area contributed by atoms with E-state index in [0.29, 0.717) is 18.4 Å². The van der Waals surface area contributed by atoms with E-state index in [-0.39, 0.29) is 12.5 Å². The normalized spacial score (nSPS) is 23.9. The SMILES string of the molecule is Cc1cscc1C(=O)NCC1CCCCC1CO. The van der Waals surface area contributed by atoms with Crippen LogP contribution < -0.4 is 5.32 Å². The molecule has 2 N–H and O–H groups in total. The first kappa shape index (κ1) is 13.6. The number of hydrogen-bond donors (Lipinski definition) is 2. The van der Waals surface area contributed by atoms with Crippen LogP contribution in [0.15, 0.2) is 10.8 Å². The van der Waals surface area contributed by atoms with Gasteiger partial charge in [-0.15, -0.1) is 0 Å². The lowest BCUT2D eigenvalue weighted by atomic mass is 9.79. The van der Waals surface area contributed by atoms with Crippen LogP contribution in [-0.2, 0) is 0 Å². The first-order valence-electron chi connectivity index (χ1n) is 6.64. The smallest absolute Gasteiger partial charge is 0.252 e. The van der Waals surface area contributed by atoms with E-state index in [2.05, 4.69) is 5.32 Å². The summed E-state index contributed by atoms with van der Waals surface area (Å²) in [4.78, 5) is 12.0. The second-order valence-electron chi connectivity index (χ2n) is 5.17. The molecule has 1 amide bonds. The second-order valence-corrected chi connectivity index (χ2v) is 5.91. The summed E-state index contributed by atoms with van der Waals surface area (Å²) < 4.78 is 0. The molecule has 0 aliphatic heterocycles. The number of aliphatic hydroxyl groups is 1. The van der Waals surface area contributed by atoms with Gasteiger partial charge in [0, 0.05) is 18.5 Å². The van der Waals surface area contributed by atoms with E-state index in [1.165, 1.54) is 12.8 Å². The molecule has 1 aromatic heterocycles. The molecule has 1 fully saturated rings. The zero-order chi connectivity index (χ0) is 13.0. The van der Waals surface area contributed by atoms with Crippen molar-refractivity contribution in [3.8, 4) is 0 Å². The van der Waals surface area contributed by atoms with Gasteiger partial charge in [-0.05, 0) is 42.5 Å². The van der Waals surface area contributed by atoms with Crippen molar-refractivity contribution in [3.63, 3.8) is 0 Å². The van der Waals surface area contributed by atoms with Crippen LogP contribution in [0.25, 0.3) is 0 Å². The van der Waals surface area contributed by atoms with E-state index in [4.69, 9.17) is 0 Å². The molecule has 1 saturated carbocycles. The van der Waals surface area contributed by atoms with E-state index in [1.807, 2.05) is 17.7 Å². The highest BCUT2D eigenvalue weighted by atomic mass is 32.1. The Labute approximate surface area is 112 Å². The summed E-state index contributed by atoms with van der Waals surface area (Å²) in [6.07, 6.45) is 4.64. The predicted octanol–water partition coefficient (Wildman–Crippen LogP) is 2.59. The van der Waals surface area contributed by atoms with E-state index in [1.54, 1.807) is 11.3 Å². The van der Waals surface area contributed by atoms with Crippen molar-refractivity contribution in [2.75, 3.05) is 13.2 Å². The van der Waals surface area contributed by atoms with Crippen LogP contribution in [-0.4, -0.2) is 24.2 Å². The lowest BCUT2D eigenvalue weighted by molar-refractivity contribution is 0.0909. The molecule has 2 rings (SSSR count). The number of aliphatic hydroxyl groups excluding tert-OH is 1. The quantitative estimate of drug-likeness (QED) is 0.881. The van der Waals surface area contributed by atoms with Gasteiger partial charge in [0.05, 0.1) is 5.56 Å². The van der Waals surface area contributed by atoms with Crippen molar-refractivity contribution >= 4 is 17.2 Å². The summed E-state index contributed by atoms with van der Waals surface area (Å²) in [6, 6.07) is 0. The van der Waals surface area contributed by atoms with Gasteiger partial charge in [0.2, 0.25) is 0 Å². The Morgan fingerprint density at radius 3 is 2.72 bits per heavy atom. The van der Waals surface area contributed by atoms with Gasteiger partial charge in [0.15, 0.2) is 0 Å². The third-order valence-electron chi connectivity index (χ3n) is 3.93. The Morgan fingerprint density at radius 2 is 2.11 bits per heavy atom. The number of rotatable bonds is 4. The van der Waals surface area contributed by atoms with Gasteiger partial charge in [0.1, 0.15) is 0 Å². The van der Waals surface area contributed by atoms with E-state index in [9.17, 15) is 9.90 Å². The number of aryl methyl sites for hydroxylation is 1. The zero-order valence-electron chi connectivity index (χ0n) is 10.8. The summed E-state index contributed by atoms with van der Waals surface area (Å²) in [5.74, 6) is 0.824. The van der Waals surface area contributed by atoms with Crippen molar-refractivity contribution in [1.29, 1.82) is 0 Å². The fraction of sp³-hybridized carbons (Fsp3) is 0.643. The molecule has 0 radical (unpaired) electrons. The Hall–Kier alpha value is -0.870. The fourth-order valence-corrected chi connectivity index (χ4v) is 3.53. The molecule has 0 saturated heterocycles. The summed E-state index contributed by atoms with van der Waals surface area (Å²) in [5, 5.41) is 16.3. The minimum atomic E-state index is 0.0241. The maximum absolute atomic E-state index is 12.0. The molecule has 0 spiro atoms. The predicted molar refractivity (Wildman–Crippen MR) is 73.9 cm³/mol.